The Morgan fingerprint density at radius 1 is 1.38 bits per heavy atom. The zero-order valence-electron chi connectivity index (χ0n) is 12.9. The molecule has 1 aromatic heterocycles. The van der Waals surface area contributed by atoms with Crippen molar-refractivity contribution in [3.63, 3.8) is 0 Å². The lowest BCUT2D eigenvalue weighted by Gasteiger charge is -2.40. The monoisotopic (exact) mass is 291 g/mol. The number of rotatable bonds is 5. The highest BCUT2D eigenvalue weighted by atomic mass is 16.5. The lowest BCUT2D eigenvalue weighted by atomic mass is 9.83. The predicted octanol–water partition coefficient (Wildman–Crippen LogP) is 0.925. The number of hydrogen-bond donors (Lipinski definition) is 2. The van der Waals surface area contributed by atoms with Crippen molar-refractivity contribution in [2.75, 3.05) is 44.5 Å². The summed E-state index contributed by atoms with van der Waals surface area (Å²) < 4.78 is 5.47. The van der Waals surface area contributed by atoms with Crippen LogP contribution in [0.15, 0.2) is 6.07 Å². The predicted molar refractivity (Wildman–Crippen MR) is 83.5 cm³/mol. The number of nitrogens with one attached hydrogen (secondary N) is 1. The van der Waals surface area contributed by atoms with Gasteiger partial charge in [-0.1, -0.05) is 12.8 Å². The second-order valence-electron chi connectivity index (χ2n) is 6.28. The number of anilines is 2. The Morgan fingerprint density at radius 3 is 2.71 bits per heavy atom. The van der Waals surface area contributed by atoms with Gasteiger partial charge in [-0.05, 0) is 19.9 Å². The van der Waals surface area contributed by atoms with Crippen molar-refractivity contribution in [2.45, 2.75) is 37.1 Å². The fourth-order valence-electron chi connectivity index (χ4n) is 3.54. The van der Waals surface area contributed by atoms with Gasteiger partial charge in [0.1, 0.15) is 5.82 Å². The number of methoxy groups -OCH3 is 1. The number of ether oxygens (including phenoxy) is 1. The van der Waals surface area contributed by atoms with E-state index in [0.29, 0.717) is 18.6 Å². The number of likely N-dealkylation sites (N-methyl/N-ethyl adjacent to an activating group) is 1. The van der Waals surface area contributed by atoms with Gasteiger partial charge in [-0.15, -0.1) is 0 Å². The van der Waals surface area contributed by atoms with Gasteiger partial charge in [-0.3, -0.25) is 0 Å². The SMILES string of the molecule is CNC1CN(c2cc(C3(COC)CCCC3)nc(N)n2)C1. The van der Waals surface area contributed by atoms with Gasteiger partial charge in [0.25, 0.3) is 0 Å². The first-order valence-electron chi connectivity index (χ1n) is 7.73. The van der Waals surface area contributed by atoms with Crippen molar-refractivity contribution in [2.24, 2.45) is 0 Å². The minimum atomic E-state index is 0.0217. The third-order valence-corrected chi connectivity index (χ3v) is 4.87. The number of nitrogens with two attached hydrogens (primary N) is 1. The van der Waals surface area contributed by atoms with E-state index in [4.69, 9.17) is 10.5 Å². The van der Waals surface area contributed by atoms with Crippen LogP contribution in [0.1, 0.15) is 31.4 Å². The van der Waals surface area contributed by atoms with Crippen molar-refractivity contribution >= 4 is 11.8 Å². The maximum atomic E-state index is 5.96. The van der Waals surface area contributed by atoms with E-state index in [9.17, 15) is 0 Å². The highest BCUT2D eigenvalue weighted by molar-refractivity contribution is 5.48. The van der Waals surface area contributed by atoms with Crippen LogP contribution in [0, 0.1) is 0 Å². The number of hydrogen-bond acceptors (Lipinski definition) is 6. The van der Waals surface area contributed by atoms with E-state index in [-0.39, 0.29) is 5.41 Å². The Bertz CT molecular complexity index is 495. The molecule has 3 rings (SSSR count). The standard InChI is InChI=1S/C15H25N5O/c1-17-11-8-20(9-11)13-7-12(18-14(16)19-13)15(10-21-2)5-3-4-6-15/h7,11,17H,3-6,8-10H2,1-2H3,(H2,16,18,19). The lowest BCUT2D eigenvalue weighted by Crippen LogP contribution is -2.57. The summed E-state index contributed by atoms with van der Waals surface area (Å²) in [7, 11) is 3.76. The van der Waals surface area contributed by atoms with Crippen molar-refractivity contribution in [1.82, 2.24) is 15.3 Å². The zero-order chi connectivity index (χ0) is 14.9. The molecule has 1 aliphatic carbocycles. The molecule has 2 heterocycles. The molecule has 0 spiro atoms. The van der Waals surface area contributed by atoms with Crippen LogP contribution in [0.2, 0.25) is 0 Å². The highest BCUT2D eigenvalue weighted by Crippen LogP contribution is 2.41. The van der Waals surface area contributed by atoms with Gasteiger partial charge < -0.3 is 20.7 Å². The third-order valence-electron chi connectivity index (χ3n) is 4.87. The van der Waals surface area contributed by atoms with Crippen molar-refractivity contribution in [3.8, 4) is 0 Å². The van der Waals surface area contributed by atoms with Gasteiger partial charge in [0.05, 0.1) is 12.3 Å². The van der Waals surface area contributed by atoms with Gasteiger partial charge in [-0.25, -0.2) is 4.98 Å². The number of nitrogen functional groups attached to an aromatic ring is 1. The molecule has 0 unspecified atom stereocenters. The van der Waals surface area contributed by atoms with E-state index in [0.717, 1.165) is 37.4 Å². The molecule has 0 amide bonds. The van der Waals surface area contributed by atoms with Crippen LogP contribution < -0.4 is 16.0 Å². The average molecular weight is 291 g/mol. The molecule has 116 valence electrons. The van der Waals surface area contributed by atoms with Gasteiger partial charge in [-0.2, -0.15) is 4.98 Å². The molecule has 1 aromatic rings. The van der Waals surface area contributed by atoms with E-state index in [2.05, 4.69) is 26.3 Å². The molecule has 0 bridgehead atoms. The molecule has 21 heavy (non-hydrogen) atoms. The van der Waals surface area contributed by atoms with Crippen LogP contribution >= 0.6 is 0 Å². The van der Waals surface area contributed by atoms with Gasteiger partial charge in [0.2, 0.25) is 5.95 Å². The zero-order valence-corrected chi connectivity index (χ0v) is 12.9. The number of nitrogens with zero attached hydrogens (tertiary/aromatic N) is 3. The molecule has 6 nitrogen and oxygen atoms in total. The van der Waals surface area contributed by atoms with Crippen molar-refractivity contribution in [3.05, 3.63) is 11.8 Å². The Kier molecular flexibility index (Phi) is 3.99. The molecule has 3 N–H and O–H groups in total. The first kappa shape index (κ1) is 14.5. The van der Waals surface area contributed by atoms with E-state index in [1.807, 2.05) is 7.05 Å². The minimum Gasteiger partial charge on any atom is -0.384 e. The summed E-state index contributed by atoms with van der Waals surface area (Å²) in [4.78, 5) is 11.2. The maximum Gasteiger partial charge on any atom is 0.222 e. The quantitative estimate of drug-likeness (QED) is 0.840. The molecule has 2 fully saturated rings. The highest BCUT2D eigenvalue weighted by Gasteiger charge is 2.38. The molecule has 6 heteroatoms. The summed E-state index contributed by atoms with van der Waals surface area (Å²) in [5.74, 6) is 1.32. The van der Waals surface area contributed by atoms with Gasteiger partial charge in [0.15, 0.2) is 0 Å². The lowest BCUT2D eigenvalue weighted by molar-refractivity contribution is 0.129. The molecule has 1 aliphatic heterocycles. The van der Waals surface area contributed by atoms with E-state index in [1.165, 1.54) is 12.8 Å². The van der Waals surface area contributed by atoms with Gasteiger partial charge >= 0.3 is 0 Å². The molecular weight excluding hydrogens is 266 g/mol. The number of aromatic nitrogens is 2. The first-order chi connectivity index (χ1) is 10.2. The van der Waals surface area contributed by atoms with Crippen molar-refractivity contribution in [1.29, 1.82) is 0 Å². The smallest absolute Gasteiger partial charge is 0.222 e. The maximum absolute atomic E-state index is 5.96. The summed E-state index contributed by atoms with van der Waals surface area (Å²) in [5.41, 5.74) is 7.04. The van der Waals surface area contributed by atoms with Crippen LogP contribution in [-0.4, -0.2) is 49.9 Å². The largest absolute Gasteiger partial charge is 0.384 e. The molecule has 1 saturated carbocycles. The van der Waals surface area contributed by atoms with E-state index >= 15 is 0 Å². The second-order valence-corrected chi connectivity index (χ2v) is 6.28. The Labute approximate surface area is 126 Å². The van der Waals surface area contributed by atoms with Crippen molar-refractivity contribution < 1.29 is 4.74 Å². The molecule has 2 aliphatic rings. The van der Waals surface area contributed by atoms with E-state index in [1.54, 1.807) is 7.11 Å². The molecule has 1 saturated heterocycles. The summed E-state index contributed by atoms with van der Waals surface area (Å²) in [6.07, 6.45) is 4.70. The summed E-state index contributed by atoms with van der Waals surface area (Å²) in [6.45, 7) is 2.66. The summed E-state index contributed by atoms with van der Waals surface area (Å²) in [5, 5.41) is 3.28. The Balaban J connectivity index is 1.87. The third kappa shape index (κ3) is 2.70. The molecule has 0 aromatic carbocycles. The molecule has 0 radical (unpaired) electrons. The van der Waals surface area contributed by atoms with Crippen LogP contribution in [0.3, 0.4) is 0 Å². The van der Waals surface area contributed by atoms with Gasteiger partial charge in [0, 0.05) is 37.7 Å². The summed E-state index contributed by atoms with van der Waals surface area (Å²) in [6, 6.07) is 2.66. The fraction of sp³-hybridized carbons (Fsp3) is 0.733. The Hall–Kier alpha value is -1.40. The second kappa shape index (κ2) is 5.77. The Morgan fingerprint density at radius 2 is 2.10 bits per heavy atom. The normalized spacial score (nSPS) is 21.5. The van der Waals surface area contributed by atoms with Crippen LogP contribution in [0.25, 0.3) is 0 Å². The molecule has 0 atom stereocenters. The topological polar surface area (TPSA) is 76.3 Å². The van der Waals surface area contributed by atoms with Crippen LogP contribution in [0.5, 0.6) is 0 Å². The van der Waals surface area contributed by atoms with Crippen LogP contribution in [0.4, 0.5) is 11.8 Å². The summed E-state index contributed by atoms with van der Waals surface area (Å²) >= 11 is 0. The molecular formula is C15H25N5O. The van der Waals surface area contributed by atoms with Crippen LogP contribution in [-0.2, 0) is 10.2 Å². The fourth-order valence-corrected chi connectivity index (χ4v) is 3.54. The minimum absolute atomic E-state index is 0.0217. The van der Waals surface area contributed by atoms with E-state index < -0.39 is 0 Å². The average Bonchev–Trinajstić information content (AvgIpc) is 2.87. The first-order valence-corrected chi connectivity index (χ1v) is 7.73.